The van der Waals surface area contributed by atoms with Gasteiger partial charge in [0.25, 0.3) is 0 Å². The molecule has 3 aromatic carbocycles. The zero-order chi connectivity index (χ0) is 24.0. The van der Waals surface area contributed by atoms with Gasteiger partial charge in [-0.05, 0) is 48.4 Å². The maximum atomic E-state index is 13.1. The van der Waals surface area contributed by atoms with E-state index in [0.717, 1.165) is 5.56 Å². The summed E-state index contributed by atoms with van der Waals surface area (Å²) in [6.45, 7) is 0. The summed E-state index contributed by atoms with van der Waals surface area (Å²) in [7, 11) is -2.97. The summed E-state index contributed by atoms with van der Waals surface area (Å²) in [5.74, 6) is -1.12. The molecule has 0 bridgehead atoms. The second-order valence-electron chi connectivity index (χ2n) is 6.97. The number of carbonyl (C=O) groups is 2. The Morgan fingerprint density at radius 3 is 2.09 bits per heavy atom. The number of methoxy groups -OCH3 is 1. The van der Waals surface area contributed by atoms with Crippen LogP contribution < -0.4 is 10.0 Å². The molecule has 3 aromatic rings. The zero-order valence-electron chi connectivity index (χ0n) is 17.4. The van der Waals surface area contributed by atoms with Crippen LogP contribution in [0.25, 0.3) is 0 Å². The smallest absolute Gasteiger partial charge is 0.337 e. The minimum atomic E-state index is -4.24. The summed E-state index contributed by atoms with van der Waals surface area (Å²) in [5, 5.41) is 2.54. The van der Waals surface area contributed by atoms with Crippen LogP contribution in [-0.4, -0.2) is 33.4 Å². The lowest BCUT2D eigenvalue weighted by Crippen LogP contribution is -2.45. The molecule has 0 saturated carbocycles. The molecule has 10 heteroatoms. The number of rotatable bonds is 8. The molecular weight excluding hydrogens is 487 g/mol. The van der Waals surface area contributed by atoms with E-state index in [1.807, 2.05) is 6.07 Å². The predicted molar refractivity (Wildman–Crippen MR) is 127 cm³/mol. The number of sulfonamides is 1. The summed E-state index contributed by atoms with van der Waals surface area (Å²) in [5.41, 5.74) is 1.43. The SMILES string of the molecule is COC(=O)c1ccc(NC(=O)[C@H](Cc2ccccc2)NS(=O)(=O)c2c(Cl)cccc2Cl)cc1. The van der Waals surface area contributed by atoms with Gasteiger partial charge in [-0.25, -0.2) is 13.2 Å². The molecule has 2 N–H and O–H groups in total. The molecule has 0 heterocycles. The van der Waals surface area contributed by atoms with E-state index in [1.165, 1.54) is 49.6 Å². The van der Waals surface area contributed by atoms with Crippen molar-refractivity contribution in [2.75, 3.05) is 12.4 Å². The van der Waals surface area contributed by atoms with Crippen molar-refractivity contribution in [3.05, 3.63) is 94.0 Å². The van der Waals surface area contributed by atoms with E-state index in [-0.39, 0.29) is 21.4 Å². The topological polar surface area (TPSA) is 102 Å². The van der Waals surface area contributed by atoms with Crippen LogP contribution in [0.5, 0.6) is 0 Å². The van der Waals surface area contributed by atoms with E-state index in [0.29, 0.717) is 11.3 Å². The maximum Gasteiger partial charge on any atom is 0.337 e. The van der Waals surface area contributed by atoms with Crippen LogP contribution in [-0.2, 0) is 26.0 Å². The monoisotopic (exact) mass is 506 g/mol. The van der Waals surface area contributed by atoms with E-state index in [2.05, 4.69) is 14.8 Å². The molecule has 172 valence electrons. The van der Waals surface area contributed by atoms with Crippen LogP contribution in [0.1, 0.15) is 15.9 Å². The fourth-order valence-electron chi connectivity index (χ4n) is 3.06. The molecule has 0 radical (unpaired) electrons. The van der Waals surface area contributed by atoms with Gasteiger partial charge in [-0.2, -0.15) is 4.72 Å². The fourth-order valence-corrected chi connectivity index (χ4v) is 5.40. The Kier molecular flexibility index (Phi) is 8.10. The molecule has 0 fully saturated rings. The highest BCUT2D eigenvalue weighted by molar-refractivity contribution is 7.89. The van der Waals surface area contributed by atoms with Gasteiger partial charge in [-0.3, -0.25) is 4.79 Å². The van der Waals surface area contributed by atoms with Crippen LogP contribution in [0.2, 0.25) is 10.0 Å². The van der Waals surface area contributed by atoms with Gasteiger partial charge < -0.3 is 10.1 Å². The van der Waals surface area contributed by atoms with Crippen molar-refractivity contribution in [3.63, 3.8) is 0 Å². The van der Waals surface area contributed by atoms with Crippen molar-refractivity contribution in [2.45, 2.75) is 17.4 Å². The number of hydrogen-bond acceptors (Lipinski definition) is 5. The van der Waals surface area contributed by atoms with E-state index in [4.69, 9.17) is 23.2 Å². The Balaban J connectivity index is 1.88. The average molecular weight is 507 g/mol. The quantitative estimate of drug-likeness (QED) is 0.443. The van der Waals surface area contributed by atoms with E-state index in [9.17, 15) is 18.0 Å². The van der Waals surface area contributed by atoms with Crippen molar-refractivity contribution in [3.8, 4) is 0 Å². The first kappa shape index (κ1) is 24.7. The number of carbonyl (C=O) groups excluding carboxylic acids is 2. The average Bonchev–Trinajstić information content (AvgIpc) is 2.79. The Labute approximate surface area is 201 Å². The van der Waals surface area contributed by atoms with Crippen LogP contribution in [0.3, 0.4) is 0 Å². The van der Waals surface area contributed by atoms with E-state index < -0.39 is 27.9 Å². The Morgan fingerprint density at radius 2 is 1.52 bits per heavy atom. The third-order valence-electron chi connectivity index (χ3n) is 4.66. The van der Waals surface area contributed by atoms with Gasteiger partial charge in [0.15, 0.2) is 0 Å². The number of ether oxygens (including phenoxy) is 1. The number of anilines is 1. The van der Waals surface area contributed by atoms with Crippen LogP contribution in [0, 0.1) is 0 Å². The Bertz CT molecular complexity index is 1230. The minimum Gasteiger partial charge on any atom is -0.465 e. The van der Waals surface area contributed by atoms with Crippen molar-refractivity contribution in [1.29, 1.82) is 0 Å². The second kappa shape index (κ2) is 10.8. The summed E-state index contributed by atoms with van der Waals surface area (Å²) in [6, 6.07) is 18.1. The molecule has 0 aliphatic rings. The van der Waals surface area contributed by atoms with E-state index in [1.54, 1.807) is 24.3 Å². The summed E-state index contributed by atoms with van der Waals surface area (Å²) < 4.78 is 33.2. The summed E-state index contributed by atoms with van der Waals surface area (Å²) >= 11 is 12.2. The first-order chi connectivity index (χ1) is 15.7. The molecule has 33 heavy (non-hydrogen) atoms. The molecule has 1 atom stereocenters. The lowest BCUT2D eigenvalue weighted by molar-refractivity contribution is -0.117. The molecule has 3 rings (SSSR count). The molecule has 0 spiro atoms. The highest BCUT2D eigenvalue weighted by atomic mass is 35.5. The highest BCUT2D eigenvalue weighted by Gasteiger charge is 2.29. The van der Waals surface area contributed by atoms with Gasteiger partial charge in [0.1, 0.15) is 10.9 Å². The summed E-state index contributed by atoms with van der Waals surface area (Å²) in [6.07, 6.45) is 0.0776. The maximum absolute atomic E-state index is 13.1. The van der Waals surface area contributed by atoms with Gasteiger partial charge >= 0.3 is 5.97 Å². The van der Waals surface area contributed by atoms with E-state index >= 15 is 0 Å². The molecular formula is C23H20Cl2N2O5S. The third-order valence-corrected chi connectivity index (χ3v) is 7.08. The number of halogens is 2. The minimum absolute atomic E-state index is 0.0627. The Hall–Kier alpha value is -2.91. The zero-order valence-corrected chi connectivity index (χ0v) is 19.7. The molecule has 0 aromatic heterocycles. The van der Waals surface area contributed by atoms with Crippen molar-refractivity contribution in [2.24, 2.45) is 0 Å². The van der Waals surface area contributed by atoms with Crippen molar-refractivity contribution in [1.82, 2.24) is 4.72 Å². The standard InChI is InChI=1S/C23H20Cl2N2O5S/c1-32-23(29)16-10-12-17(13-11-16)26-22(28)20(14-15-6-3-2-4-7-15)27-33(30,31)21-18(24)8-5-9-19(21)25/h2-13,20,27H,14H2,1H3,(H,26,28)/t20-/m0/s1. The number of nitrogens with one attached hydrogen (secondary N) is 2. The van der Waals surface area contributed by atoms with Gasteiger partial charge in [0, 0.05) is 5.69 Å². The fraction of sp³-hybridized carbons (Fsp3) is 0.130. The molecule has 0 aliphatic heterocycles. The van der Waals surface area contributed by atoms with Gasteiger partial charge in [0.05, 0.1) is 22.7 Å². The largest absolute Gasteiger partial charge is 0.465 e. The van der Waals surface area contributed by atoms with Gasteiger partial charge in [0.2, 0.25) is 15.9 Å². The normalized spacial score (nSPS) is 12.1. The summed E-state index contributed by atoms with van der Waals surface area (Å²) in [4.78, 5) is 24.4. The molecule has 0 saturated heterocycles. The number of amides is 1. The molecule has 0 aliphatic carbocycles. The lowest BCUT2D eigenvalue weighted by atomic mass is 10.1. The van der Waals surface area contributed by atoms with Crippen molar-refractivity contribution >= 4 is 50.8 Å². The number of hydrogen-bond donors (Lipinski definition) is 2. The molecule has 0 unspecified atom stereocenters. The first-order valence-electron chi connectivity index (χ1n) is 9.71. The van der Waals surface area contributed by atoms with Crippen LogP contribution in [0.4, 0.5) is 5.69 Å². The molecule has 1 amide bonds. The number of esters is 1. The highest BCUT2D eigenvalue weighted by Crippen LogP contribution is 2.29. The predicted octanol–water partition coefficient (Wildman–Crippen LogP) is 4.31. The molecule has 7 nitrogen and oxygen atoms in total. The van der Waals surface area contributed by atoms with Crippen LogP contribution in [0.15, 0.2) is 77.7 Å². The lowest BCUT2D eigenvalue weighted by Gasteiger charge is -2.20. The second-order valence-corrected chi connectivity index (χ2v) is 9.44. The van der Waals surface area contributed by atoms with Crippen molar-refractivity contribution < 1.29 is 22.7 Å². The number of benzene rings is 3. The first-order valence-corrected chi connectivity index (χ1v) is 11.9. The van der Waals surface area contributed by atoms with Crippen LogP contribution >= 0.6 is 23.2 Å². The van der Waals surface area contributed by atoms with Gasteiger partial charge in [-0.15, -0.1) is 0 Å². The van der Waals surface area contributed by atoms with Gasteiger partial charge in [-0.1, -0.05) is 59.6 Å². The Morgan fingerprint density at radius 1 is 0.909 bits per heavy atom. The third kappa shape index (κ3) is 6.33.